The summed E-state index contributed by atoms with van der Waals surface area (Å²) in [5, 5.41) is 12.8. The molecule has 0 fully saturated rings. The Bertz CT molecular complexity index is 793. The van der Waals surface area contributed by atoms with Crippen molar-refractivity contribution in [1.29, 1.82) is 0 Å². The van der Waals surface area contributed by atoms with E-state index in [-0.39, 0.29) is 0 Å². The second kappa shape index (κ2) is 5.35. The summed E-state index contributed by atoms with van der Waals surface area (Å²) in [7, 11) is 0. The van der Waals surface area contributed by atoms with Gasteiger partial charge in [-0.25, -0.2) is 0 Å². The van der Waals surface area contributed by atoms with Crippen LogP contribution in [0.2, 0.25) is 10.0 Å². The van der Waals surface area contributed by atoms with Crippen LogP contribution in [0.5, 0.6) is 0 Å². The molecule has 0 spiro atoms. The van der Waals surface area contributed by atoms with Crippen molar-refractivity contribution in [3.63, 3.8) is 0 Å². The molecular weight excluding hydrogens is 309 g/mol. The van der Waals surface area contributed by atoms with Crippen molar-refractivity contribution < 1.29 is 0 Å². The lowest BCUT2D eigenvalue weighted by Crippen LogP contribution is -2.01. The normalized spacial score (nSPS) is 10.8. The highest BCUT2D eigenvalue weighted by atomic mass is 35.5. The van der Waals surface area contributed by atoms with E-state index in [1.54, 1.807) is 22.9 Å². The van der Waals surface area contributed by atoms with Crippen molar-refractivity contribution in [1.82, 2.24) is 20.2 Å². The SMILES string of the molecule is Cc1cc(N)cc(-c2nnnn2-c2ccc(Cl)cc2Cl)c1. The smallest absolute Gasteiger partial charge is 0.187 e. The quantitative estimate of drug-likeness (QED) is 0.733. The van der Waals surface area contributed by atoms with Crippen LogP contribution < -0.4 is 5.73 Å². The monoisotopic (exact) mass is 319 g/mol. The van der Waals surface area contributed by atoms with Crippen molar-refractivity contribution in [3.05, 3.63) is 52.0 Å². The molecule has 2 aromatic carbocycles. The summed E-state index contributed by atoms with van der Waals surface area (Å²) in [4.78, 5) is 0. The van der Waals surface area contributed by atoms with E-state index in [4.69, 9.17) is 28.9 Å². The van der Waals surface area contributed by atoms with E-state index < -0.39 is 0 Å². The molecule has 0 saturated carbocycles. The first-order chi connectivity index (χ1) is 10.0. The summed E-state index contributed by atoms with van der Waals surface area (Å²) >= 11 is 12.1. The van der Waals surface area contributed by atoms with Crippen molar-refractivity contribution in [2.45, 2.75) is 6.92 Å². The predicted molar refractivity (Wildman–Crippen MR) is 83.8 cm³/mol. The Balaban J connectivity index is 2.17. The van der Waals surface area contributed by atoms with Gasteiger partial charge in [-0.05, 0) is 59.3 Å². The Morgan fingerprint density at radius 2 is 1.90 bits per heavy atom. The Morgan fingerprint density at radius 1 is 1.10 bits per heavy atom. The number of halogens is 2. The number of nitrogens with two attached hydrogens (primary N) is 1. The highest BCUT2D eigenvalue weighted by Gasteiger charge is 2.14. The third kappa shape index (κ3) is 2.70. The van der Waals surface area contributed by atoms with Gasteiger partial charge in [0, 0.05) is 16.3 Å². The van der Waals surface area contributed by atoms with Crippen LogP contribution in [0, 0.1) is 6.92 Å². The molecule has 0 amide bonds. The van der Waals surface area contributed by atoms with Gasteiger partial charge in [0.2, 0.25) is 0 Å². The molecule has 0 aliphatic rings. The average Bonchev–Trinajstić information content (AvgIpc) is 2.86. The minimum absolute atomic E-state index is 0.469. The maximum absolute atomic E-state index is 6.22. The minimum Gasteiger partial charge on any atom is -0.399 e. The zero-order chi connectivity index (χ0) is 15.0. The van der Waals surface area contributed by atoms with E-state index >= 15 is 0 Å². The van der Waals surface area contributed by atoms with Crippen molar-refractivity contribution in [3.8, 4) is 17.1 Å². The highest BCUT2D eigenvalue weighted by Crippen LogP contribution is 2.28. The molecule has 0 saturated heterocycles. The third-order valence-corrected chi connectivity index (χ3v) is 3.50. The molecule has 3 aromatic rings. The zero-order valence-corrected chi connectivity index (χ0v) is 12.6. The third-order valence-electron chi connectivity index (χ3n) is 2.97. The van der Waals surface area contributed by atoms with Crippen LogP contribution in [-0.2, 0) is 0 Å². The van der Waals surface area contributed by atoms with Crippen molar-refractivity contribution in [2.75, 3.05) is 5.73 Å². The fourth-order valence-electron chi connectivity index (χ4n) is 2.12. The fourth-order valence-corrected chi connectivity index (χ4v) is 2.61. The van der Waals surface area contributed by atoms with Gasteiger partial charge in [-0.3, -0.25) is 0 Å². The molecular formula is C14H11Cl2N5. The van der Waals surface area contributed by atoms with E-state index in [9.17, 15) is 0 Å². The first-order valence-electron chi connectivity index (χ1n) is 6.16. The van der Waals surface area contributed by atoms with E-state index in [0.29, 0.717) is 27.2 Å². The molecule has 2 N–H and O–H groups in total. The van der Waals surface area contributed by atoms with Crippen LogP contribution in [0.25, 0.3) is 17.1 Å². The number of nitrogens with zero attached hydrogens (tertiary/aromatic N) is 4. The highest BCUT2D eigenvalue weighted by molar-refractivity contribution is 6.35. The number of nitrogen functional groups attached to an aromatic ring is 1. The van der Waals surface area contributed by atoms with Crippen LogP contribution in [0.15, 0.2) is 36.4 Å². The van der Waals surface area contributed by atoms with E-state index in [1.165, 1.54) is 0 Å². The molecule has 106 valence electrons. The first-order valence-corrected chi connectivity index (χ1v) is 6.91. The van der Waals surface area contributed by atoms with Crippen LogP contribution >= 0.6 is 23.2 Å². The van der Waals surface area contributed by atoms with E-state index in [2.05, 4.69) is 15.5 Å². The number of anilines is 1. The van der Waals surface area contributed by atoms with Crippen LogP contribution in [0.3, 0.4) is 0 Å². The average molecular weight is 320 g/mol. The van der Waals surface area contributed by atoms with Crippen LogP contribution in [0.1, 0.15) is 5.56 Å². The maximum atomic E-state index is 6.22. The molecule has 0 unspecified atom stereocenters. The molecule has 0 radical (unpaired) electrons. The van der Waals surface area contributed by atoms with Gasteiger partial charge < -0.3 is 5.73 Å². The molecule has 0 bridgehead atoms. The number of tetrazole rings is 1. The molecule has 1 heterocycles. The second-order valence-electron chi connectivity index (χ2n) is 4.64. The van der Waals surface area contributed by atoms with Gasteiger partial charge in [0.15, 0.2) is 5.82 Å². The zero-order valence-electron chi connectivity index (χ0n) is 11.1. The van der Waals surface area contributed by atoms with Gasteiger partial charge in [0.1, 0.15) is 0 Å². The lowest BCUT2D eigenvalue weighted by atomic mass is 10.1. The molecule has 21 heavy (non-hydrogen) atoms. The number of aromatic nitrogens is 4. The fraction of sp³-hybridized carbons (Fsp3) is 0.0714. The van der Waals surface area contributed by atoms with Gasteiger partial charge in [0.05, 0.1) is 10.7 Å². The largest absolute Gasteiger partial charge is 0.399 e. The Morgan fingerprint density at radius 3 is 2.62 bits per heavy atom. The van der Waals surface area contributed by atoms with Crippen molar-refractivity contribution >= 4 is 28.9 Å². The summed E-state index contributed by atoms with van der Waals surface area (Å²) in [5.74, 6) is 0.564. The number of hydrogen-bond donors (Lipinski definition) is 1. The standard InChI is InChI=1S/C14H11Cl2N5/c1-8-4-9(6-11(17)5-8)14-18-19-20-21(14)13-3-2-10(15)7-12(13)16/h2-7H,17H2,1H3. The molecule has 1 aromatic heterocycles. The number of rotatable bonds is 2. The lowest BCUT2D eigenvalue weighted by Gasteiger charge is -2.08. The summed E-state index contributed by atoms with van der Waals surface area (Å²) in [6, 6.07) is 10.8. The van der Waals surface area contributed by atoms with Crippen molar-refractivity contribution in [2.24, 2.45) is 0 Å². The second-order valence-corrected chi connectivity index (χ2v) is 5.49. The maximum Gasteiger partial charge on any atom is 0.187 e. The van der Waals surface area contributed by atoms with E-state index in [0.717, 1.165) is 11.1 Å². The van der Waals surface area contributed by atoms with E-state index in [1.807, 2.05) is 25.1 Å². The Labute approximate surface area is 131 Å². The van der Waals surface area contributed by atoms with Gasteiger partial charge >= 0.3 is 0 Å². The Kier molecular flexibility index (Phi) is 3.53. The summed E-state index contributed by atoms with van der Waals surface area (Å²) in [6.45, 7) is 1.96. The van der Waals surface area contributed by atoms with Gasteiger partial charge in [-0.1, -0.05) is 23.2 Å². The first kappa shape index (κ1) is 13.9. The molecule has 7 heteroatoms. The number of hydrogen-bond acceptors (Lipinski definition) is 4. The molecule has 0 atom stereocenters. The molecule has 0 aliphatic heterocycles. The molecule has 3 rings (SSSR count). The summed E-state index contributed by atoms with van der Waals surface area (Å²) in [5.41, 5.74) is 9.04. The van der Waals surface area contributed by atoms with Gasteiger partial charge in [-0.2, -0.15) is 4.68 Å². The topological polar surface area (TPSA) is 69.6 Å². The minimum atomic E-state index is 0.469. The Hall–Kier alpha value is -2.11. The molecule has 5 nitrogen and oxygen atoms in total. The van der Waals surface area contributed by atoms with Gasteiger partial charge in [0.25, 0.3) is 0 Å². The summed E-state index contributed by atoms with van der Waals surface area (Å²) < 4.78 is 1.56. The summed E-state index contributed by atoms with van der Waals surface area (Å²) in [6.07, 6.45) is 0. The number of benzene rings is 2. The lowest BCUT2D eigenvalue weighted by molar-refractivity contribution is 0.791. The van der Waals surface area contributed by atoms with Crippen LogP contribution in [0.4, 0.5) is 5.69 Å². The van der Waals surface area contributed by atoms with Gasteiger partial charge in [-0.15, -0.1) is 5.10 Å². The number of aryl methyl sites for hydroxylation is 1. The van der Waals surface area contributed by atoms with Crippen LogP contribution in [-0.4, -0.2) is 20.2 Å². The molecule has 0 aliphatic carbocycles. The predicted octanol–water partition coefficient (Wildman–Crippen LogP) is 3.53.